The van der Waals surface area contributed by atoms with Gasteiger partial charge in [-0.1, -0.05) is 19.9 Å². The molecule has 0 radical (unpaired) electrons. The molecule has 0 unspecified atom stereocenters. The summed E-state index contributed by atoms with van der Waals surface area (Å²) in [4.78, 5) is 15.6. The van der Waals surface area contributed by atoms with Crippen molar-refractivity contribution in [1.82, 2.24) is 5.32 Å². The Morgan fingerprint density at radius 1 is 1.67 bits per heavy atom. The number of aliphatic hydroxyl groups excluding tert-OH is 1. The summed E-state index contributed by atoms with van der Waals surface area (Å²) < 4.78 is 0. The predicted octanol–water partition coefficient (Wildman–Crippen LogP) is 0.868. The van der Waals surface area contributed by atoms with Gasteiger partial charge in [0.25, 0.3) is 0 Å². The molecule has 1 aliphatic rings. The fourth-order valence-electron chi connectivity index (χ4n) is 1.33. The van der Waals surface area contributed by atoms with Crippen LogP contribution < -0.4 is 5.32 Å². The molecule has 15 heavy (non-hydrogen) atoms. The Bertz CT molecular complexity index is 282. The molecule has 0 aromatic rings. The summed E-state index contributed by atoms with van der Waals surface area (Å²) in [6, 6.07) is -0.221. The molecule has 0 fully saturated rings. The lowest BCUT2D eigenvalue weighted by Gasteiger charge is -2.17. The average Bonchev–Trinajstić information content (AvgIpc) is 2.69. The summed E-state index contributed by atoms with van der Waals surface area (Å²) in [7, 11) is 0. The van der Waals surface area contributed by atoms with E-state index < -0.39 is 0 Å². The largest absolute Gasteiger partial charge is 0.394 e. The highest BCUT2D eigenvalue weighted by molar-refractivity contribution is 5.78. The summed E-state index contributed by atoms with van der Waals surface area (Å²) in [6.45, 7) is 3.61. The predicted molar refractivity (Wildman–Crippen MR) is 59.7 cm³/mol. The highest BCUT2D eigenvalue weighted by atomic mass is 16.3. The van der Waals surface area contributed by atoms with Gasteiger partial charge in [0.15, 0.2) is 0 Å². The molecule has 1 rings (SSSR count). The molecule has 0 aliphatic carbocycles. The molecule has 0 aromatic heterocycles. The van der Waals surface area contributed by atoms with Gasteiger partial charge in [0.2, 0.25) is 5.91 Å². The molecule has 4 heteroatoms. The zero-order chi connectivity index (χ0) is 11.3. The first-order valence-corrected chi connectivity index (χ1v) is 5.26. The molecule has 0 saturated heterocycles. The number of nitrogens with zero attached hydrogens (tertiary/aromatic N) is 1. The van der Waals surface area contributed by atoms with E-state index in [1.54, 1.807) is 0 Å². The van der Waals surface area contributed by atoms with E-state index in [0.717, 1.165) is 12.1 Å². The number of carbonyl (C=O) groups is 1. The van der Waals surface area contributed by atoms with Crippen molar-refractivity contribution >= 4 is 12.1 Å². The van der Waals surface area contributed by atoms with Crippen LogP contribution in [0, 0.1) is 5.92 Å². The number of nitrogens with one attached hydrogen (secondary N) is 1. The maximum absolute atomic E-state index is 11.4. The molecule has 1 atom stereocenters. The van der Waals surface area contributed by atoms with Gasteiger partial charge in [0.05, 0.1) is 12.6 Å². The van der Waals surface area contributed by atoms with Crippen molar-refractivity contribution in [2.75, 3.05) is 6.61 Å². The Morgan fingerprint density at radius 3 is 2.87 bits per heavy atom. The van der Waals surface area contributed by atoms with Gasteiger partial charge in [-0.3, -0.25) is 9.79 Å². The maximum Gasteiger partial charge on any atom is 0.222 e. The first-order chi connectivity index (χ1) is 7.13. The van der Waals surface area contributed by atoms with Crippen molar-refractivity contribution < 1.29 is 9.90 Å². The number of allylic oxidation sites excluding steroid dienone is 1. The van der Waals surface area contributed by atoms with E-state index in [0.29, 0.717) is 6.42 Å². The minimum Gasteiger partial charge on any atom is -0.394 e. The highest BCUT2D eigenvalue weighted by Crippen LogP contribution is 2.12. The third-order valence-corrected chi connectivity index (χ3v) is 2.26. The number of rotatable bonds is 5. The Morgan fingerprint density at radius 2 is 2.40 bits per heavy atom. The molecule has 4 nitrogen and oxygen atoms in total. The van der Waals surface area contributed by atoms with E-state index >= 15 is 0 Å². The third kappa shape index (κ3) is 3.83. The van der Waals surface area contributed by atoms with Crippen LogP contribution in [0.1, 0.15) is 26.7 Å². The highest BCUT2D eigenvalue weighted by Gasteiger charge is 2.15. The van der Waals surface area contributed by atoms with Crippen molar-refractivity contribution in [3.05, 3.63) is 11.8 Å². The lowest BCUT2D eigenvalue weighted by Crippen LogP contribution is -2.39. The normalized spacial score (nSPS) is 16.7. The Balaban J connectivity index is 2.42. The van der Waals surface area contributed by atoms with Gasteiger partial charge >= 0.3 is 0 Å². The van der Waals surface area contributed by atoms with Crippen LogP contribution >= 0.6 is 0 Å². The van der Waals surface area contributed by atoms with Gasteiger partial charge in [-0.05, 0) is 0 Å². The minimum atomic E-state index is -0.221. The summed E-state index contributed by atoms with van der Waals surface area (Å²) in [5, 5.41) is 11.9. The molecule has 1 aliphatic heterocycles. The summed E-state index contributed by atoms with van der Waals surface area (Å²) in [5.74, 6) is -0.0864. The molecular formula is C11H18N2O2. The van der Waals surface area contributed by atoms with E-state index in [2.05, 4.69) is 10.3 Å². The second kappa shape index (κ2) is 5.66. The topological polar surface area (TPSA) is 61.7 Å². The first kappa shape index (κ1) is 11.9. The molecule has 2 N–H and O–H groups in total. The van der Waals surface area contributed by atoms with Crippen molar-refractivity contribution in [3.63, 3.8) is 0 Å². The fourth-order valence-corrected chi connectivity index (χ4v) is 1.33. The summed E-state index contributed by atoms with van der Waals surface area (Å²) in [5.41, 5.74) is 0.943. The number of aliphatic hydroxyl groups is 1. The molecule has 0 bridgehead atoms. The van der Waals surface area contributed by atoms with Gasteiger partial charge < -0.3 is 10.4 Å². The smallest absolute Gasteiger partial charge is 0.222 e. The third-order valence-electron chi connectivity index (χ3n) is 2.26. The lowest BCUT2D eigenvalue weighted by molar-refractivity contribution is -0.125. The van der Waals surface area contributed by atoms with E-state index in [1.165, 1.54) is 0 Å². The van der Waals surface area contributed by atoms with Crippen molar-refractivity contribution in [2.24, 2.45) is 10.9 Å². The van der Waals surface area contributed by atoms with Crippen LogP contribution in [0.4, 0.5) is 0 Å². The second-order valence-corrected chi connectivity index (χ2v) is 3.99. The second-order valence-electron chi connectivity index (χ2n) is 3.99. The van der Waals surface area contributed by atoms with E-state index in [4.69, 9.17) is 5.11 Å². The van der Waals surface area contributed by atoms with Crippen LogP contribution in [0.5, 0.6) is 0 Å². The van der Waals surface area contributed by atoms with Gasteiger partial charge in [-0.25, -0.2) is 0 Å². The van der Waals surface area contributed by atoms with E-state index in [9.17, 15) is 4.79 Å². The van der Waals surface area contributed by atoms with Gasteiger partial charge in [-0.2, -0.15) is 0 Å². The lowest BCUT2D eigenvalue weighted by atomic mass is 10.1. The van der Waals surface area contributed by atoms with E-state index in [1.807, 2.05) is 26.1 Å². The standard InChI is InChI=1S/C11H18N2O2/c1-8(2)11(15)13-10(7-14)6-9-4-3-5-12-9/h4-5,8,10,14H,3,6-7H2,1-2H3,(H,13,15)/t10-/m0/s1. The van der Waals surface area contributed by atoms with Crippen LogP contribution in [0.3, 0.4) is 0 Å². The molecule has 1 heterocycles. The number of hydrogen-bond donors (Lipinski definition) is 2. The first-order valence-electron chi connectivity index (χ1n) is 5.26. The average molecular weight is 210 g/mol. The van der Waals surface area contributed by atoms with Crippen LogP contribution in [-0.2, 0) is 4.79 Å². The van der Waals surface area contributed by atoms with Crippen molar-refractivity contribution in [1.29, 1.82) is 0 Å². The molecule has 1 amide bonds. The summed E-state index contributed by atoms with van der Waals surface area (Å²) >= 11 is 0. The quantitative estimate of drug-likeness (QED) is 0.707. The van der Waals surface area contributed by atoms with Gasteiger partial charge in [-0.15, -0.1) is 0 Å². The molecule has 84 valence electrons. The molecule has 0 aromatic carbocycles. The number of carbonyl (C=O) groups excluding carboxylic acids is 1. The summed E-state index contributed by atoms with van der Waals surface area (Å²) in [6.07, 6.45) is 5.29. The number of hydrogen-bond acceptors (Lipinski definition) is 3. The van der Waals surface area contributed by atoms with Crippen molar-refractivity contribution in [3.8, 4) is 0 Å². The molecule has 0 saturated carbocycles. The van der Waals surface area contributed by atoms with Crippen LogP contribution in [0.2, 0.25) is 0 Å². The Hall–Kier alpha value is -1.16. The number of amides is 1. The minimum absolute atomic E-state index is 0.0309. The Kier molecular flexibility index (Phi) is 4.49. The van der Waals surface area contributed by atoms with E-state index in [-0.39, 0.29) is 24.5 Å². The maximum atomic E-state index is 11.4. The van der Waals surface area contributed by atoms with Crippen LogP contribution in [-0.4, -0.2) is 29.9 Å². The Labute approximate surface area is 90.1 Å². The molecule has 0 spiro atoms. The van der Waals surface area contributed by atoms with Gasteiger partial charge in [0, 0.05) is 30.7 Å². The monoisotopic (exact) mass is 210 g/mol. The van der Waals surface area contributed by atoms with Crippen LogP contribution in [0.15, 0.2) is 16.8 Å². The number of aliphatic imine (C=N–C) groups is 1. The van der Waals surface area contributed by atoms with Crippen LogP contribution in [0.25, 0.3) is 0 Å². The zero-order valence-corrected chi connectivity index (χ0v) is 9.23. The van der Waals surface area contributed by atoms with Gasteiger partial charge in [0.1, 0.15) is 0 Å². The molecular weight excluding hydrogens is 192 g/mol. The van der Waals surface area contributed by atoms with Crippen molar-refractivity contribution in [2.45, 2.75) is 32.7 Å². The zero-order valence-electron chi connectivity index (χ0n) is 9.23. The SMILES string of the molecule is CC(C)C(=O)N[C@H](CO)CC1=CCC=N1. The fraction of sp³-hybridized carbons (Fsp3) is 0.636.